The average molecular weight is 623 g/mol. The summed E-state index contributed by atoms with van der Waals surface area (Å²) in [4.78, 5) is 12.5. The summed E-state index contributed by atoms with van der Waals surface area (Å²) in [6.45, 7) is 6.47. The summed E-state index contributed by atoms with van der Waals surface area (Å²) in [5.74, 6) is 1.09. The third kappa shape index (κ3) is 5.99. The molecule has 5 atom stereocenters. The van der Waals surface area contributed by atoms with Crippen molar-refractivity contribution in [2.45, 2.75) is 37.1 Å². The van der Waals surface area contributed by atoms with Gasteiger partial charge in [-0.3, -0.25) is 0 Å². The molecule has 6 rings (SSSR count). The second-order valence-corrected chi connectivity index (χ2v) is 11.2. The summed E-state index contributed by atoms with van der Waals surface area (Å²) in [6.07, 6.45) is -3.36. The number of hydrogen-bond donors (Lipinski definition) is 0. The van der Waals surface area contributed by atoms with E-state index in [2.05, 4.69) is 30.8 Å². The maximum Gasteiger partial charge on any atom is 0.508 e. The summed E-state index contributed by atoms with van der Waals surface area (Å²) in [6, 6.07) is 35.6. The molecule has 0 radical (unpaired) electrons. The lowest BCUT2D eigenvalue weighted by Gasteiger charge is -2.37. The second kappa shape index (κ2) is 13.8. The molecule has 1 saturated heterocycles. The van der Waals surface area contributed by atoms with E-state index in [-0.39, 0.29) is 19.1 Å². The molecule has 0 unspecified atom stereocenters. The fourth-order valence-electron chi connectivity index (χ4n) is 6.33. The molecular formula is C38H38O8. The van der Waals surface area contributed by atoms with Gasteiger partial charge >= 0.3 is 6.16 Å². The number of carbonyl (C=O) groups excluding carboxylic acids is 1. The van der Waals surface area contributed by atoms with Crippen molar-refractivity contribution >= 4 is 6.16 Å². The van der Waals surface area contributed by atoms with Gasteiger partial charge in [0, 0.05) is 11.5 Å². The smallest absolute Gasteiger partial charge is 0.497 e. The van der Waals surface area contributed by atoms with Crippen LogP contribution in [-0.4, -0.2) is 51.9 Å². The van der Waals surface area contributed by atoms with Gasteiger partial charge in [0.2, 0.25) is 0 Å². The van der Waals surface area contributed by atoms with Crippen LogP contribution in [0.1, 0.15) is 35.5 Å². The van der Waals surface area contributed by atoms with Crippen LogP contribution in [0.15, 0.2) is 121 Å². The minimum Gasteiger partial charge on any atom is -0.497 e. The summed E-state index contributed by atoms with van der Waals surface area (Å²) < 4.78 is 41.9. The third-order valence-electron chi connectivity index (χ3n) is 8.63. The van der Waals surface area contributed by atoms with Crippen molar-refractivity contribution in [3.63, 3.8) is 0 Å². The Morgan fingerprint density at radius 3 is 1.80 bits per heavy atom. The van der Waals surface area contributed by atoms with Crippen LogP contribution in [0.4, 0.5) is 4.79 Å². The van der Waals surface area contributed by atoms with Crippen molar-refractivity contribution < 1.29 is 38.0 Å². The van der Waals surface area contributed by atoms with Crippen LogP contribution in [-0.2, 0) is 29.3 Å². The number of benzene rings is 4. The minimum atomic E-state index is -1.00. The average Bonchev–Trinajstić information content (AvgIpc) is 3.64. The van der Waals surface area contributed by atoms with Gasteiger partial charge in [0.25, 0.3) is 0 Å². The summed E-state index contributed by atoms with van der Waals surface area (Å²) in [5.41, 5.74) is 3.28. The zero-order valence-corrected chi connectivity index (χ0v) is 26.2. The van der Waals surface area contributed by atoms with Gasteiger partial charge in [-0.25, -0.2) is 4.79 Å². The topological polar surface area (TPSA) is 81.7 Å². The van der Waals surface area contributed by atoms with Gasteiger partial charge in [0.1, 0.15) is 29.3 Å². The first kappa shape index (κ1) is 31.4. The van der Waals surface area contributed by atoms with Crippen molar-refractivity contribution in [2.24, 2.45) is 5.92 Å². The van der Waals surface area contributed by atoms with Gasteiger partial charge in [0.15, 0.2) is 12.4 Å². The number of hydrogen-bond acceptors (Lipinski definition) is 8. The molecule has 0 bridgehead atoms. The summed E-state index contributed by atoms with van der Waals surface area (Å²) in [5, 5.41) is 0. The number of rotatable bonds is 11. The normalized spacial score (nSPS) is 22.2. The largest absolute Gasteiger partial charge is 0.508 e. The summed E-state index contributed by atoms with van der Waals surface area (Å²) in [7, 11) is 3.26. The maximum absolute atomic E-state index is 12.5. The van der Waals surface area contributed by atoms with Crippen molar-refractivity contribution in [1.82, 2.24) is 0 Å². The number of carbonyl (C=O) groups is 1. The molecular weight excluding hydrogens is 584 g/mol. The van der Waals surface area contributed by atoms with Gasteiger partial charge in [-0.15, -0.1) is 0 Å². The first-order chi connectivity index (χ1) is 22.5. The van der Waals surface area contributed by atoms with Crippen molar-refractivity contribution in [3.8, 4) is 11.5 Å². The number of methoxy groups -OCH3 is 2. The molecule has 46 heavy (non-hydrogen) atoms. The highest BCUT2D eigenvalue weighted by Crippen LogP contribution is 2.48. The first-order valence-corrected chi connectivity index (χ1v) is 15.3. The molecule has 2 aliphatic rings. The van der Waals surface area contributed by atoms with Crippen LogP contribution >= 0.6 is 0 Å². The standard InChI is InChI=1S/C38H38O8/c1-5-42-37(39)46-33-25(2)32(34-35(33)45-36(44-34)26-16-20-30(40-3)21-17-26)24-43-38(27-12-8-6-9-13-27,28-14-10-7-11-15-28)29-18-22-31(41-4)23-19-29/h6-23,32-36H,2,5,24H2,1,3-4H3/t32-,33-,34+,35-,36+/m0/s1. The molecule has 1 saturated carbocycles. The lowest BCUT2D eigenvalue weighted by atomic mass is 9.80. The Kier molecular flexibility index (Phi) is 9.40. The molecule has 8 nitrogen and oxygen atoms in total. The molecule has 1 aliphatic heterocycles. The lowest BCUT2D eigenvalue weighted by molar-refractivity contribution is -0.101. The van der Waals surface area contributed by atoms with Gasteiger partial charge in [-0.2, -0.15) is 0 Å². The van der Waals surface area contributed by atoms with E-state index in [0.29, 0.717) is 5.57 Å². The van der Waals surface area contributed by atoms with Gasteiger partial charge in [0.05, 0.1) is 27.4 Å². The van der Waals surface area contributed by atoms with E-state index in [1.54, 1.807) is 21.1 Å². The van der Waals surface area contributed by atoms with Crippen LogP contribution in [0, 0.1) is 5.92 Å². The first-order valence-electron chi connectivity index (χ1n) is 15.3. The van der Waals surface area contributed by atoms with Crippen molar-refractivity contribution in [2.75, 3.05) is 27.4 Å². The monoisotopic (exact) mass is 622 g/mol. The van der Waals surface area contributed by atoms with Crippen LogP contribution in [0.2, 0.25) is 0 Å². The predicted octanol–water partition coefficient (Wildman–Crippen LogP) is 7.22. The zero-order valence-electron chi connectivity index (χ0n) is 26.2. The molecule has 2 fully saturated rings. The highest BCUT2D eigenvalue weighted by atomic mass is 16.8. The van der Waals surface area contributed by atoms with E-state index in [0.717, 1.165) is 33.8 Å². The number of ether oxygens (including phenoxy) is 7. The minimum absolute atomic E-state index is 0.184. The molecule has 238 valence electrons. The molecule has 0 amide bonds. The van der Waals surface area contributed by atoms with Crippen molar-refractivity contribution in [1.29, 1.82) is 0 Å². The van der Waals surface area contributed by atoms with Crippen molar-refractivity contribution in [3.05, 3.63) is 144 Å². The van der Waals surface area contributed by atoms with Gasteiger partial charge in [-0.05, 0) is 53.5 Å². The molecule has 0 aromatic heterocycles. The van der Waals surface area contributed by atoms with E-state index in [9.17, 15) is 4.79 Å². The Hall–Kier alpha value is -4.63. The molecule has 0 spiro atoms. The molecule has 1 aliphatic carbocycles. The summed E-state index contributed by atoms with van der Waals surface area (Å²) >= 11 is 0. The Bertz CT molecular complexity index is 1570. The van der Waals surface area contributed by atoms with Crippen LogP contribution in [0.5, 0.6) is 11.5 Å². The third-order valence-corrected chi connectivity index (χ3v) is 8.63. The highest BCUT2D eigenvalue weighted by Gasteiger charge is 2.56. The second-order valence-electron chi connectivity index (χ2n) is 11.2. The Balaban J connectivity index is 1.37. The van der Waals surface area contributed by atoms with E-state index in [1.807, 2.05) is 84.9 Å². The Morgan fingerprint density at radius 2 is 1.26 bits per heavy atom. The van der Waals surface area contributed by atoms with Crippen LogP contribution < -0.4 is 9.47 Å². The predicted molar refractivity (Wildman–Crippen MR) is 172 cm³/mol. The molecule has 4 aromatic rings. The van der Waals surface area contributed by atoms with E-state index >= 15 is 0 Å². The Labute approximate surface area is 269 Å². The molecule has 4 aromatic carbocycles. The molecule has 8 heteroatoms. The zero-order chi connectivity index (χ0) is 32.1. The SMILES string of the molecule is C=C1[C@H](COC(c2ccccc2)(c2ccccc2)c2ccc(OC)cc2)[C@H]2O[C@@H](c3ccc(OC)cc3)O[C@H]2[C@H]1OC(=O)OCC. The van der Waals surface area contributed by atoms with Crippen LogP contribution in [0.3, 0.4) is 0 Å². The van der Waals surface area contributed by atoms with Gasteiger partial charge < -0.3 is 33.2 Å². The fraction of sp³-hybridized carbons (Fsp3) is 0.289. The molecule has 1 heterocycles. The lowest BCUT2D eigenvalue weighted by Crippen LogP contribution is -2.37. The van der Waals surface area contributed by atoms with E-state index in [1.165, 1.54) is 0 Å². The number of fused-ring (bicyclic) bond motifs is 1. The van der Waals surface area contributed by atoms with E-state index in [4.69, 9.17) is 33.2 Å². The fourth-order valence-corrected chi connectivity index (χ4v) is 6.33. The quantitative estimate of drug-likeness (QED) is 0.0985. The maximum atomic E-state index is 12.5. The Morgan fingerprint density at radius 1 is 0.739 bits per heavy atom. The molecule has 0 N–H and O–H groups in total. The van der Waals surface area contributed by atoms with Crippen LogP contribution in [0.25, 0.3) is 0 Å². The van der Waals surface area contributed by atoms with Gasteiger partial charge in [-0.1, -0.05) is 91.5 Å². The van der Waals surface area contributed by atoms with E-state index < -0.39 is 36.4 Å². The highest BCUT2D eigenvalue weighted by molar-refractivity contribution is 5.61.